The fourth-order valence-electron chi connectivity index (χ4n) is 2.90. The van der Waals surface area contributed by atoms with E-state index in [9.17, 15) is 18.0 Å². The Morgan fingerprint density at radius 1 is 1.32 bits per heavy atom. The third kappa shape index (κ3) is 4.18. The summed E-state index contributed by atoms with van der Waals surface area (Å²) in [7, 11) is -3.41. The number of carbonyl (C=O) groups excluding carboxylic acids is 1. The standard InChI is InChI=1S/C15H23N3O5S2/c1-8(2)11(18-6-5-7-25(18,22)23)13(19)16-10(4)14-17-9(3)12(24-14)15(20)21/h8,10-11H,5-7H2,1-4H3,(H,16,19)(H,20,21). The molecule has 2 atom stereocenters. The van der Waals surface area contributed by atoms with Gasteiger partial charge in [0.2, 0.25) is 15.9 Å². The zero-order valence-electron chi connectivity index (χ0n) is 14.6. The first kappa shape index (κ1) is 19.8. The number of rotatable bonds is 6. The lowest BCUT2D eigenvalue weighted by atomic mass is 10.0. The second-order valence-corrected chi connectivity index (χ2v) is 9.54. The van der Waals surface area contributed by atoms with Crippen molar-refractivity contribution in [1.29, 1.82) is 0 Å². The van der Waals surface area contributed by atoms with Gasteiger partial charge in [0.15, 0.2) is 0 Å². The summed E-state index contributed by atoms with van der Waals surface area (Å²) < 4.78 is 25.6. The van der Waals surface area contributed by atoms with Gasteiger partial charge in [-0.1, -0.05) is 13.8 Å². The topological polar surface area (TPSA) is 117 Å². The van der Waals surface area contributed by atoms with Crippen LogP contribution in [-0.2, 0) is 14.8 Å². The highest BCUT2D eigenvalue weighted by molar-refractivity contribution is 7.89. The molecular weight excluding hydrogens is 366 g/mol. The number of nitrogens with zero attached hydrogens (tertiary/aromatic N) is 2. The molecule has 1 aromatic rings. The number of thiazole rings is 1. The molecule has 2 heterocycles. The van der Waals surface area contributed by atoms with Crippen LogP contribution in [0.4, 0.5) is 0 Å². The maximum Gasteiger partial charge on any atom is 0.347 e. The number of nitrogens with one attached hydrogen (secondary N) is 1. The molecule has 1 fully saturated rings. The van der Waals surface area contributed by atoms with Crippen LogP contribution in [0.5, 0.6) is 0 Å². The molecule has 1 saturated heterocycles. The zero-order chi connectivity index (χ0) is 18.9. The Labute approximate surface area is 151 Å². The Hall–Kier alpha value is -1.52. The predicted molar refractivity (Wildman–Crippen MR) is 94.1 cm³/mol. The summed E-state index contributed by atoms with van der Waals surface area (Å²) in [4.78, 5) is 28.2. The third-order valence-electron chi connectivity index (χ3n) is 4.09. The van der Waals surface area contributed by atoms with Gasteiger partial charge in [0, 0.05) is 6.54 Å². The fraction of sp³-hybridized carbons (Fsp3) is 0.667. The summed E-state index contributed by atoms with van der Waals surface area (Å²) in [6.45, 7) is 7.26. The van der Waals surface area contributed by atoms with Crippen LogP contribution in [0, 0.1) is 12.8 Å². The van der Waals surface area contributed by atoms with Crippen molar-refractivity contribution in [3.05, 3.63) is 15.6 Å². The quantitative estimate of drug-likeness (QED) is 0.759. The average molecular weight is 389 g/mol. The molecular formula is C15H23N3O5S2. The highest BCUT2D eigenvalue weighted by Crippen LogP contribution is 2.26. The highest BCUT2D eigenvalue weighted by atomic mass is 32.2. The van der Waals surface area contributed by atoms with Gasteiger partial charge in [0.05, 0.1) is 17.5 Å². The first-order valence-electron chi connectivity index (χ1n) is 8.05. The molecule has 0 spiro atoms. The van der Waals surface area contributed by atoms with Crippen LogP contribution in [0.25, 0.3) is 0 Å². The molecule has 25 heavy (non-hydrogen) atoms. The minimum absolute atomic E-state index is 0.0622. The summed E-state index contributed by atoms with van der Waals surface area (Å²) >= 11 is 1.01. The number of hydrogen-bond acceptors (Lipinski definition) is 6. The third-order valence-corrected chi connectivity index (χ3v) is 7.34. The van der Waals surface area contributed by atoms with Crippen molar-refractivity contribution in [2.75, 3.05) is 12.3 Å². The van der Waals surface area contributed by atoms with E-state index >= 15 is 0 Å². The molecule has 1 aromatic heterocycles. The molecule has 0 aromatic carbocycles. The molecule has 1 aliphatic rings. The lowest BCUT2D eigenvalue weighted by Crippen LogP contribution is -2.50. The maximum absolute atomic E-state index is 12.7. The Balaban J connectivity index is 2.18. The van der Waals surface area contributed by atoms with Crippen LogP contribution in [0.1, 0.15) is 53.6 Å². The smallest absolute Gasteiger partial charge is 0.347 e. The molecule has 140 valence electrons. The van der Waals surface area contributed by atoms with Gasteiger partial charge in [-0.05, 0) is 26.2 Å². The summed E-state index contributed by atoms with van der Waals surface area (Å²) in [6, 6.07) is -1.29. The minimum Gasteiger partial charge on any atom is -0.477 e. The van der Waals surface area contributed by atoms with Crippen molar-refractivity contribution in [2.45, 2.75) is 46.2 Å². The summed E-state index contributed by atoms with van der Waals surface area (Å²) in [6.07, 6.45) is 0.516. The first-order chi connectivity index (χ1) is 11.5. The van der Waals surface area contributed by atoms with E-state index in [2.05, 4.69) is 10.3 Å². The zero-order valence-corrected chi connectivity index (χ0v) is 16.3. The van der Waals surface area contributed by atoms with Gasteiger partial charge in [0.25, 0.3) is 0 Å². The van der Waals surface area contributed by atoms with E-state index in [0.29, 0.717) is 23.7 Å². The molecule has 0 bridgehead atoms. The summed E-state index contributed by atoms with van der Waals surface area (Å²) in [5.41, 5.74) is 0.399. The number of aromatic nitrogens is 1. The number of sulfonamides is 1. The minimum atomic E-state index is -3.41. The van der Waals surface area contributed by atoms with Crippen molar-refractivity contribution in [2.24, 2.45) is 5.92 Å². The van der Waals surface area contributed by atoms with Gasteiger partial charge >= 0.3 is 5.97 Å². The van der Waals surface area contributed by atoms with Crippen LogP contribution in [0.15, 0.2) is 0 Å². The van der Waals surface area contributed by atoms with Crippen LogP contribution < -0.4 is 5.32 Å². The lowest BCUT2D eigenvalue weighted by Gasteiger charge is -2.29. The number of carbonyl (C=O) groups is 2. The van der Waals surface area contributed by atoms with Gasteiger partial charge < -0.3 is 10.4 Å². The van der Waals surface area contributed by atoms with Crippen molar-refractivity contribution >= 4 is 33.2 Å². The second-order valence-electron chi connectivity index (χ2n) is 6.47. The van der Waals surface area contributed by atoms with Crippen LogP contribution >= 0.6 is 11.3 Å². The Morgan fingerprint density at radius 2 is 1.96 bits per heavy atom. The molecule has 0 aliphatic carbocycles. The van der Waals surface area contributed by atoms with E-state index in [4.69, 9.17) is 5.11 Å². The second kappa shape index (κ2) is 7.38. The number of aryl methyl sites for hydroxylation is 1. The fourth-order valence-corrected chi connectivity index (χ4v) is 5.63. The van der Waals surface area contributed by atoms with Gasteiger partial charge in [-0.2, -0.15) is 4.31 Å². The van der Waals surface area contributed by atoms with E-state index in [1.807, 2.05) is 0 Å². The highest BCUT2D eigenvalue weighted by Gasteiger charge is 2.40. The molecule has 1 amide bonds. The molecule has 1 aliphatic heterocycles. The predicted octanol–water partition coefficient (Wildman–Crippen LogP) is 1.39. The molecule has 8 nitrogen and oxygen atoms in total. The van der Waals surface area contributed by atoms with Gasteiger partial charge in [-0.15, -0.1) is 11.3 Å². The molecule has 2 unspecified atom stereocenters. The Bertz CT molecular complexity index is 772. The molecule has 10 heteroatoms. The first-order valence-corrected chi connectivity index (χ1v) is 10.5. The van der Waals surface area contributed by atoms with Crippen LogP contribution in [-0.4, -0.2) is 53.0 Å². The monoisotopic (exact) mass is 389 g/mol. The molecule has 0 saturated carbocycles. The summed E-state index contributed by atoms with van der Waals surface area (Å²) in [5.74, 6) is -1.57. The lowest BCUT2D eigenvalue weighted by molar-refractivity contribution is -0.126. The van der Waals surface area contributed by atoms with Crippen LogP contribution in [0.2, 0.25) is 0 Å². The summed E-state index contributed by atoms with van der Waals surface area (Å²) in [5, 5.41) is 12.4. The molecule has 0 radical (unpaired) electrons. The number of amides is 1. The number of carboxylic acids is 1. The van der Waals surface area contributed by atoms with E-state index < -0.39 is 34.0 Å². The van der Waals surface area contributed by atoms with Crippen LogP contribution in [0.3, 0.4) is 0 Å². The van der Waals surface area contributed by atoms with Gasteiger partial charge in [0.1, 0.15) is 15.9 Å². The van der Waals surface area contributed by atoms with Crippen molar-refractivity contribution < 1.29 is 23.1 Å². The largest absolute Gasteiger partial charge is 0.477 e. The van der Waals surface area contributed by atoms with Crippen molar-refractivity contribution in [1.82, 2.24) is 14.6 Å². The Morgan fingerprint density at radius 3 is 2.40 bits per heavy atom. The normalized spacial score (nSPS) is 19.7. The van der Waals surface area contributed by atoms with Crippen molar-refractivity contribution in [3.8, 4) is 0 Å². The molecule has 2 N–H and O–H groups in total. The van der Waals surface area contributed by atoms with E-state index in [1.54, 1.807) is 27.7 Å². The van der Waals surface area contributed by atoms with Gasteiger partial charge in [-0.3, -0.25) is 4.79 Å². The van der Waals surface area contributed by atoms with Gasteiger partial charge in [-0.25, -0.2) is 18.2 Å². The molecule has 2 rings (SSSR count). The van der Waals surface area contributed by atoms with Crippen molar-refractivity contribution in [3.63, 3.8) is 0 Å². The number of carboxylic acid groups (broad SMARTS) is 1. The van der Waals surface area contributed by atoms with E-state index in [1.165, 1.54) is 4.31 Å². The SMILES string of the molecule is Cc1nc(C(C)NC(=O)C(C(C)C)N2CCCS2(=O)=O)sc1C(=O)O. The maximum atomic E-state index is 12.7. The van der Waals surface area contributed by atoms with E-state index in [-0.39, 0.29) is 16.5 Å². The average Bonchev–Trinajstić information content (AvgIpc) is 3.02. The Kier molecular flexibility index (Phi) is 5.85. The van der Waals surface area contributed by atoms with E-state index in [0.717, 1.165) is 11.3 Å². The number of hydrogen-bond donors (Lipinski definition) is 2. The number of aromatic carboxylic acids is 1.